The summed E-state index contributed by atoms with van der Waals surface area (Å²) in [5.74, 6) is 0. The summed E-state index contributed by atoms with van der Waals surface area (Å²) in [6.07, 6.45) is -2.33. The van der Waals surface area contributed by atoms with Gasteiger partial charge in [0.1, 0.15) is 0 Å². The summed E-state index contributed by atoms with van der Waals surface area (Å²) >= 11 is 0. The summed E-state index contributed by atoms with van der Waals surface area (Å²) < 4.78 is 0. The van der Waals surface area contributed by atoms with Crippen LogP contribution in [-0.2, 0) is 0 Å². The molecule has 0 N–H and O–H groups in total. The average molecular weight is 240 g/mol. The first-order valence-electron chi connectivity index (χ1n) is 0.612. The van der Waals surface area contributed by atoms with E-state index in [9.17, 15) is 0 Å². The Kier molecular flexibility index (Phi) is 51.8. The van der Waals surface area contributed by atoms with Gasteiger partial charge in [-0.1, -0.05) is 0 Å². The van der Waals surface area contributed by atoms with Crippen molar-refractivity contribution in [3.8, 4) is 0 Å². The van der Waals surface area contributed by atoms with Crippen molar-refractivity contribution in [2.45, 2.75) is 0 Å². The molecule has 0 spiro atoms. The third-order valence-corrected chi connectivity index (χ3v) is 0. The third kappa shape index (κ3) is 45.3. The predicted octanol–water partition coefficient (Wildman–Crippen LogP) is -11.3. The van der Waals surface area contributed by atoms with Gasteiger partial charge in [-0.3, -0.25) is 0 Å². The topological polar surface area (TPSA) is 63.2 Å². The Bertz CT molecular complexity index is 40.3. The quantitative estimate of drug-likeness (QED) is 0.395. The van der Waals surface area contributed by atoms with E-state index in [1.54, 1.807) is 0 Å². The van der Waals surface area contributed by atoms with Gasteiger partial charge in [-0.25, -0.2) is 0 Å². The molecule has 3 nitrogen and oxygen atoms in total. The molecule has 0 unspecified atom stereocenters. The van der Waals surface area contributed by atoms with Crippen LogP contribution in [0.15, 0.2) is 0 Å². The Balaban J connectivity index is -0.00000000750. The predicted molar refractivity (Wildman–Crippen MR) is 6.51 cm³/mol. The fourth-order valence-corrected chi connectivity index (χ4v) is 0. The smallest absolute Gasteiger partial charge is 1.00 e. The molecule has 0 aliphatic rings. The Labute approximate surface area is 146 Å². The zero-order valence-corrected chi connectivity index (χ0v) is 15.0. The Morgan fingerprint density at radius 2 is 1.29 bits per heavy atom. The third-order valence-electron chi connectivity index (χ3n) is 0. The van der Waals surface area contributed by atoms with Gasteiger partial charge in [-0.2, -0.15) is 0 Å². The molecule has 0 aliphatic heterocycles. The number of carbonyl (C=O) groups is 1. The fourth-order valence-electron chi connectivity index (χ4n) is 0. The summed E-state index contributed by atoms with van der Waals surface area (Å²) in [6.45, 7) is 0. The molecule has 0 fully saturated rings. The normalized spacial score (nSPS) is 3.43. The minimum atomic E-state index is -2.33. The van der Waals surface area contributed by atoms with Crippen molar-refractivity contribution in [1.29, 1.82) is 0 Å². The monoisotopic (exact) mass is 240 g/mol. The van der Waals surface area contributed by atoms with Crippen LogP contribution in [-0.4, -0.2) is 6.16 Å². The maximum absolute atomic E-state index is 8.33. The van der Waals surface area contributed by atoms with E-state index in [4.69, 9.17) is 15.0 Å². The minimum absolute atomic E-state index is 0. The number of hydrogen-bond donors (Lipinski definition) is 0. The molecule has 0 rings (SSSR count). The SMILES string of the molecule is O=C([O-])[O-].[Cs+].[H-].[Na+].[Na+]. The average Bonchev–Trinajstić information content (AvgIpc) is 0.811. The van der Waals surface area contributed by atoms with Crippen LogP contribution < -0.4 is 138 Å². The van der Waals surface area contributed by atoms with Gasteiger partial charge in [-0.15, -0.1) is 0 Å². The summed E-state index contributed by atoms with van der Waals surface area (Å²) in [6, 6.07) is 0. The molecule has 0 saturated carbocycles. The second-order valence-electron chi connectivity index (χ2n) is 0.250. The van der Waals surface area contributed by atoms with E-state index in [-0.39, 0.29) is 129 Å². The van der Waals surface area contributed by atoms with Crippen molar-refractivity contribution < 1.29 is 144 Å². The number of hydrogen-bond acceptors (Lipinski definition) is 3. The van der Waals surface area contributed by atoms with E-state index in [1.807, 2.05) is 0 Å². The Morgan fingerprint density at radius 1 is 1.29 bits per heavy atom. The molecule has 26 valence electrons. The van der Waals surface area contributed by atoms with Gasteiger partial charge >= 0.3 is 128 Å². The van der Waals surface area contributed by atoms with E-state index in [2.05, 4.69) is 0 Å². The van der Waals surface area contributed by atoms with Gasteiger partial charge in [0.05, 0.1) is 0 Å². The van der Waals surface area contributed by atoms with Gasteiger partial charge in [0.2, 0.25) is 0 Å². The summed E-state index contributed by atoms with van der Waals surface area (Å²) in [4.78, 5) is 8.33. The Morgan fingerprint density at radius 3 is 1.29 bits per heavy atom. The van der Waals surface area contributed by atoms with E-state index in [0.717, 1.165) is 0 Å². The van der Waals surface area contributed by atoms with Gasteiger partial charge < -0.3 is 16.4 Å². The molecule has 0 aliphatic carbocycles. The second-order valence-corrected chi connectivity index (χ2v) is 0.250. The Hall–Kier alpha value is 3.32. The van der Waals surface area contributed by atoms with Gasteiger partial charge in [0.25, 0.3) is 0 Å². The van der Waals surface area contributed by atoms with Crippen LogP contribution in [0.1, 0.15) is 1.43 Å². The molecule has 0 bridgehead atoms. The zero-order chi connectivity index (χ0) is 3.58. The first-order valence-corrected chi connectivity index (χ1v) is 0.612. The summed E-state index contributed by atoms with van der Waals surface area (Å²) in [5.41, 5.74) is 0. The number of carboxylic acid groups (broad SMARTS) is 2. The van der Waals surface area contributed by atoms with Crippen LogP contribution in [0.3, 0.4) is 0 Å². The van der Waals surface area contributed by atoms with E-state index in [1.165, 1.54) is 0 Å². The van der Waals surface area contributed by atoms with Crippen LogP contribution in [0.2, 0.25) is 0 Å². The van der Waals surface area contributed by atoms with Crippen LogP contribution >= 0.6 is 0 Å². The van der Waals surface area contributed by atoms with Crippen molar-refractivity contribution >= 4 is 6.16 Å². The first-order chi connectivity index (χ1) is 1.73. The molecule has 6 heteroatoms. The van der Waals surface area contributed by atoms with E-state index >= 15 is 0 Å². The maximum Gasteiger partial charge on any atom is 1.00 e. The van der Waals surface area contributed by atoms with Crippen LogP contribution in [0.4, 0.5) is 4.79 Å². The molecule has 0 aromatic carbocycles. The molecular weight excluding hydrogens is 239 g/mol. The van der Waals surface area contributed by atoms with E-state index in [0.29, 0.717) is 0 Å². The first kappa shape index (κ1) is 22.4. The van der Waals surface area contributed by atoms with Crippen molar-refractivity contribution in [2.24, 2.45) is 0 Å². The second kappa shape index (κ2) is 16.2. The van der Waals surface area contributed by atoms with Gasteiger partial charge in [0, 0.05) is 0 Å². The van der Waals surface area contributed by atoms with Crippen molar-refractivity contribution in [2.75, 3.05) is 0 Å². The number of carbonyl (C=O) groups excluding carboxylic acids is 1. The standard InChI is InChI=1S/CH2O3.Cs.2Na.H/c2-1(3)4;;;;/h(H2,2,3,4);;;;/q;3*+1;-1/p-2. The molecule has 0 atom stereocenters. The molecule has 0 radical (unpaired) electrons. The minimum Gasteiger partial charge on any atom is -1.00 e. The molecule has 0 aromatic rings. The van der Waals surface area contributed by atoms with Gasteiger partial charge in [-0.05, 0) is 6.16 Å². The molecular formula is CHCsNa2O3. The molecule has 0 amide bonds. The summed E-state index contributed by atoms with van der Waals surface area (Å²) in [7, 11) is 0. The van der Waals surface area contributed by atoms with Gasteiger partial charge in [0.15, 0.2) is 0 Å². The maximum atomic E-state index is 8.33. The van der Waals surface area contributed by atoms with Crippen LogP contribution in [0.25, 0.3) is 0 Å². The molecule has 0 saturated heterocycles. The summed E-state index contributed by atoms with van der Waals surface area (Å²) in [5, 5.41) is 16.7. The van der Waals surface area contributed by atoms with Crippen LogP contribution in [0.5, 0.6) is 0 Å². The van der Waals surface area contributed by atoms with Crippen molar-refractivity contribution in [3.63, 3.8) is 0 Å². The molecule has 7 heavy (non-hydrogen) atoms. The van der Waals surface area contributed by atoms with E-state index < -0.39 is 6.16 Å². The van der Waals surface area contributed by atoms with Crippen LogP contribution in [0, 0.1) is 0 Å². The molecule has 0 heterocycles. The fraction of sp³-hybridized carbons (Fsp3) is 0. The zero-order valence-electron chi connectivity index (χ0n) is 5.72. The van der Waals surface area contributed by atoms with Crippen molar-refractivity contribution in [3.05, 3.63) is 0 Å². The van der Waals surface area contributed by atoms with Crippen molar-refractivity contribution in [1.82, 2.24) is 0 Å². The molecule has 0 aromatic heterocycles. The number of rotatable bonds is 0. The largest absolute Gasteiger partial charge is 1.00 e.